The van der Waals surface area contributed by atoms with Crippen LogP contribution in [-0.2, 0) is 9.53 Å². The first-order chi connectivity index (χ1) is 11.9. The molecule has 2 aromatic carbocycles. The summed E-state index contributed by atoms with van der Waals surface area (Å²) in [5, 5.41) is 9.33. The van der Waals surface area contributed by atoms with Crippen molar-refractivity contribution in [1.29, 1.82) is 5.26 Å². The largest absolute Gasteiger partial charge is 0.479 e. The fraction of sp³-hybridized carbons (Fsp3) is 0.167. The van der Waals surface area contributed by atoms with Gasteiger partial charge in [-0.05, 0) is 49.4 Å². The molecule has 0 saturated heterocycles. The second-order valence-electron chi connectivity index (χ2n) is 5.05. The Kier molecular flexibility index (Phi) is 6.40. The molecular formula is C18H13Cl2NO4. The van der Waals surface area contributed by atoms with E-state index < -0.39 is 24.5 Å². The van der Waals surface area contributed by atoms with E-state index in [1.165, 1.54) is 25.1 Å². The second kappa shape index (κ2) is 8.52. The molecule has 0 aliphatic carbocycles. The van der Waals surface area contributed by atoms with Crippen LogP contribution in [0, 0.1) is 11.3 Å². The zero-order chi connectivity index (χ0) is 18.4. The van der Waals surface area contributed by atoms with Crippen molar-refractivity contribution < 1.29 is 19.1 Å². The predicted molar refractivity (Wildman–Crippen MR) is 93.0 cm³/mol. The van der Waals surface area contributed by atoms with E-state index in [1.54, 1.807) is 24.3 Å². The predicted octanol–water partition coefficient (Wildman–Crippen LogP) is 4.06. The van der Waals surface area contributed by atoms with Crippen molar-refractivity contribution in [3.63, 3.8) is 0 Å². The maximum absolute atomic E-state index is 12.1. The Morgan fingerprint density at radius 2 is 1.84 bits per heavy atom. The van der Waals surface area contributed by atoms with Crippen LogP contribution in [-0.4, -0.2) is 24.5 Å². The van der Waals surface area contributed by atoms with Gasteiger partial charge in [0.05, 0.1) is 16.7 Å². The van der Waals surface area contributed by atoms with Gasteiger partial charge in [-0.2, -0.15) is 5.26 Å². The molecule has 0 aromatic heterocycles. The number of hydrogen-bond acceptors (Lipinski definition) is 5. The Morgan fingerprint density at radius 3 is 2.44 bits per heavy atom. The number of carbonyl (C=O) groups excluding carboxylic acids is 2. The van der Waals surface area contributed by atoms with Gasteiger partial charge in [0.1, 0.15) is 5.75 Å². The molecule has 0 bridgehead atoms. The summed E-state index contributed by atoms with van der Waals surface area (Å²) in [4.78, 5) is 24.0. The number of halogens is 2. The standard InChI is InChI=1S/C18H13Cl2NO4/c1-11(25-14-5-2-12(9-21)3-6-14)18(23)24-10-17(22)15-7-4-13(19)8-16(15)20/h2-8,11H,10H2,1H3/t11-/m1/s1. The van der Waals surface area contributed by atoms with Gasteiger partial charge in [0, 0.05) is 10.6 Å². The lowest BCUT2D eigenvalue weighted by Crippen LogP contribution is -2.28. The van der Waals surface area contributed by atoms with Crippen molar-refractivity contribution in [1.82, 2.24) is 0 Å². The zero-order valence-corrected chi connectivity index (χ0v) is 14.7. The molecule has 2 rings (SSSR count). The highest BCUT2D eigenvalue weighted by Gasteiger charge is 2.19. The van der Waals surface area contributed by atoms with Crippen LogP contribution in [0.3, 0.4) is 0 Å². The van der Waals surface area contributed by atoms with E-state index in [0.717, 1.165) is 0 Å². The van der Waals surface area contributed by atoms with Crippen LogP contribution < -0.4 is 4.74 Å². The van der Waals surface area contributed by atoms with E-state index in [-0.39, 0.29) is 10.6 Å². The van der Waals surface area contributed by atoms with Crippen molar-refractivity contribution in [2.45, 2.75) is 13.0 Å². The molecule has 5 nitrogen and oxygen atoms in total. The van der Waals surface area contributed by atoms with E-state index >= 15 is 0 Å². The number of esters is 1. The maximum atomic E-state index is 12.1. The Balaban J connectivity index is 1.90. The van der Waals surface area contributed by atoms with Gasteiger partial charge in [-0.25, -0.2) is 4.79 Å². The lowest BCUT2D eigenvalue weighted by Gasteiger charge is -2.14. The van der Waals surface area contributed by atoms with Crippen LogP contribution in [0.4, 0.5) is 0 Å². The fourth-order valence-electron chi connectivity index (χ4n) is 1.91. The Hall–Kier alpha value is -2.55. The third kappa shape index (κ3) is 5.21. The maximum Gasteiger partial charge on any atom is 0.347 e. The number of Topliss-reactive ketones (excluding diaryl/α,β-unsaturated/α-hetero) is 1. The molecule has 0 N–H and O–H groups in total. The molecule has 0 spiro atoms. The first kappa shape index (κ1) is 18.8. The highest BCUT2D eigenvalue weighted by Crippen LogP contribution is 2.21. The number of ether oxygens (including phenoxy) is 2. The van der Waals surface area contributed by atoms with Crippen LogP contribution in [0.15, 0.2) is 42.5 Å². The van der Waals surface area contributed by atoms with Crippen molar-refractivity contribution >= 4 is 35.0 Å². The van der Waals surface area contributed by atoms with Gasteiger partial charge < -0.3 is 9.47 Å². The van der Waals surface area contributed by atoms with Gasteiger partial charge in [0.2, 0.25) is 5.78 Å². The molecule has 2 aromatic rings. The van der Waals surface area contributed by atoms with Gasteiger partial charge in [-0.1, -0.05) is 23.2 Å². The summed E-state index contributed by atoms with van der Waals surface area (Å²) >= 11 is 11.7. The molecular weight excluding hydrogens is 365 g/mol. The molecule has 0 unspecified atom stereocenters. The summed E-state index contributed by atoms with van der Waals surface area (Å²) in [6.45, 7) is 1.04. The van der Waals surface area contributed by atoms with E-state index in [4.69, 9.17) is 37.9 Å². The summed E-state index contributed by atoms with van der Waals surface area (Å²) in [5.74, 6) is -0.723. The quantitative estimate of drug-likeness (QED) is 0.560. The molecule has 0 heterocycles. The molecule has 0 saturated carbocycles. The van der Waals surface area contributed by atoms with Crippen LogP contribution in [0.5, 0.6) is 5.75 Å². The lowest BCUT2D eigenvalue weighted by molar-refractivity contribution is -0.149. The zero-order valence-electron chi connectivity index (χ0n) is 13.2. The van der Waals surface area contributed by atoms with Crippen LogP contribution in [0.1, 0.15) is 22.8 Å². The van der Waals surface area contributed by atoms with Gasteiger partial charge in [-0.15, -0.1) is 0 Å². The highest BCUT2D eigenvalue weighted by atomic mass is 35.5. The number of rotatable bonds is 6. The normalized spacial score (nSPS) is 11.3. The first-order valence-corrected chi connectivity index (χ1v) is 7.98. The van der Waals surface area contributed by atoms with Crippen molar-refractivity contribution in [2.75, 3.05) is 6.61 Å². The average Bonchev–Trinajstić information content (AvgIpc) is 2.60. The van der Waals surface area contributed by atoms with E-state index in [2.05, 4.69) is 0 Å². The summed E-state index contributed by atoms with van der Waals surface area (Å²) in [6.07, 6.45) is -0.915. The number of nitriles is 1. The molecule has 0 aliphatic rings. The molecule has 128 valence electrons. The number of hydrogen-bond donors (Lipinski definition) is 0. The fourth-order valence-corrected chi connectivity index (χ4v) is 2.42. The number of nitrogens with zero attached hydrogens (tertiary/aromatic N) is 1. The van der Waals surface area contributed by atoms with Gasteiger partial charge in [-0.3, -0.25) is 4.79 Å². The second-order valence-corrected chi connectivity index (χ2v) is 5.89. The topological polar surface area (TPSA) is 76.4 Å². The molecule has 25 heavy (non-hydrogen) atoms. The van der Waals surface area contributed by atoms with E-state index in [1.807, 2.05) is 6.07 Å². The molecule has 0 radical (unpaired) electrons. The van der Waals surface area contributed by atoms with Gasteiger partial charge in [0.15, 0.2) is 12.7 Å². The van der Waals surface area contributed by atoms with E-state index in [0.29, 0.717) is 16.3 Å². The number of benzene rings is 2. The summed E-state index contributed by atoms with van der Waals surface area (Å²) in [5.41, 5.74) is 0.701. The Bertz CT molecular complexity index is 828. The smallest absolute Gasteiger partial charge is 0.347 e. The highest BCUT2D eigenvalue weighted by molar-refractivity contribution is 6.36. The Morgan fingerprint density at radius 1 is 1.16 bits per heavy atom. The SMILES string of the molecule is C[C@@H](Oc1ccc(C#N)cc1)C(=O)OCC(=O)c1ccc(Cl)cc1Cl. The van der Waals surface area contributed by atoms with Crippen molar-refractivity contribution in [3.05, 3.63) is 63.6 Å². The van der Waals surface area contributed by atoms with Crippen LogP contribution in [0.25, 0.3) is 0 Å². The molecule has 0 aliphatic heterocycles. The van der Waals surface area contributed by atoms with Crippen LogP contribution >= 0.6 is 23.2 Å². The lowest BCUT2D eigenvalue weighted by atomic mass is 10.1. The first-order valence-electron chi connectivity index (χ1n) is 7.22. The molecule has 1 atom stereocenters. The number of ketones is 1. The summed E-state index contributed by atoms with van der Waals surface area (Å²) in [6, 6.07) is 12.7. The summed E-state index contributed by atoms with van der Waals surface area (Å²) < 4.78 is 10.4. The minimum absolute atomic E-state index is 0.190. The van der Waals surface area contributed by atoms with Crippen molar-refractivity contribution in [3.8, 4) is 11.8 Å². The van der Waals surface area contributed by atoms with Gasteiger partial charge >= 0.3 is 5.97 Å². The molecule has 7 heteroatoms. The molecule has 0 fully saturated rings. The number of carbonyl (C=O) groups is 2. The van der Waals surface area contributed by atoms with E-state index in [9.17, 15) is 9.59 Å². The average molecular weight is 378 g/mol. The third-order valence-electron chi connectivity index (χ3n) is 3.21. The van der Waals surface area contributed by atoms with Crippen molar-refractivity contribution in [2.24, 2.45) is 0 Å². The third-order valence-corrected chi connectivity index (χ3v) is 3.75. The summed E-state index contributed by atoms with van der Waals surface area (Å²) in [7, 11) is 0. The minimum Gasteiger partial charge on any atom is -0.479 e. The van der Waals surface area contributed by atoms with Crippen LogP contribution in [0.2, 0.25) is 10.0 Å². The molecule has 0 amide bonds. The minimum atomic E-state index is -0.915. The van der Waals surface area contributed by atoms with Gasteiger partial charge in [0.25, 0.3) is 0 Å². The monoisotopic (exact) mass is 377 g/mol. The Labute approximate surface area is 154 Å².